The highest BCUT2D eigenvalue weighted by Gasteiger charge is 2.39. The summed E-state index contributed by atoms with van der Waals surface area (Å²) < 4.78 is 5.63. The molecule has 1 aliphatic heterocycles. The SMILES string of the molecule is Cc1ccc2cc(C(=O)N3CCOC[C@@H]3[C@@H]3CCC[C@@H]3O)ccc2n1. The number of nitrogens with zero attached hydrogens (tertiary/aromatic N) is 2. The molecular formula is C20H24N2O3. The average Bonchev–Trinajstić information content (AvgIpc) is 3.06. The molecule has 132 valence electrons. The van der Waals surface area contributed by atoms with E-state index in [0.717, 1.165) is 35.9 Å². The maximum atomic E-state index is 13.2. The van der Waals surface area contributed by atoms with Crippen molar-refractivity contribution in [3.8, 4) is 0 Å². The van der Waals surface area contributed by atoms with Gasteiger partial charge in [0.25, 0.3) is 5.91 Å². The van der Waals surface area contributed by atoms with Crippen LogP contribution < -0.4 is 0 Å². The number of carbonyl (C=O) groups is 1. The van der Waals surface area contributed by atoms with Gasteiger partial charge in [-0.25, -0.2) is 0 Å². The van der Waals surface area contributed by atoms with Crippen LogP contribution in [0.4, 0.5) is 0 Å². The molecule has 5 heteroatoms. The predicted molar refractivity (Wildman–Crippen MR) is 95.5 cm³/mol. The lowest BCUT2D eigenvalue weighted by molar-refractivity contribution is -0.0383. The molecule has 0 radical (unpaired) electrons. The number of fused-ring (bicyclic) bond motifs is 1. The standard InChI is InChI=1S/C20H24N2O3/c1-13-5-6-14-11-15(7-8-17(14)21-13)20(24)22-9-10-25-12-18(22)16-3-2-4-19(16)23/h5-8,11,16,18-19,23H,2-4,9-10,12H2,1H3/t16-,18+,19-/m0/s1. The van der Waals surface area contributed by atoms with Crippen molar-refractivity contribution in [1.82, 2.24) is 9.88 Å². The van der Waals surface area contributed by atoms with E-state index in [1.54, 1.807) is 0 Å². The van der Waals surface area contributed by atoms with Gasteiger partial charge in [-0.15, -0.1) is 0 Å². The fourth-order valence-electron chi connectivity index (χ4n) is 4.17. The third-order valence-corrected chi connectivity index (χ3v) is 5.53. The van der Waals surface area contributed by atoms with Gasteiger partial charge in [-0.1, -0.05) is 12.5 Å². The Morgan fingerprint density at radius 1 is 1.28 bits per heavy atom. The van der Waals surface area contributed by atoms with Crippen LogP contribution in [0, 0.1) is 12.8 Å². The van der Waals surface area contributed by atoms with Crippen molar-refractivity contribution >= 4 is 16.8 Å². The monoisotopic (exact) mass is 340 g/mol. The van der Waals surface area contributed by atoms with Gasteiger partial charge < -0.3 is 14.7 Å². The molecule has 2 aromatic rings. The summed E-state index contributed by atoms with van der Waals surface area (Å²) in [5.41, 5.74) is 2.55. The number of aliphatic hydroxyl groups is 1. The van der Waals surface area contributed by atoms with Crippen molar-refractivity contribution in [2.45, 2.75) is 38.3 Å². The third kappa shape index (κ3) is 3.14. The van der Waals surface area contributed by atoms with E-state index in [1.165, 1.54) is 0 Å². The number of pyridine rings is 1. The van der Waals surface area contributed by atoms with E-state index in [-0.39, 0.29) is 24.0 Å². The largest absolute Gasteiger partial charge is 0.393 e. The Morgan fingerprint density at radius 3 is 2.96 bits per heavy atom. The van der Waals surface area contributed by atoms with E-state index < -0.39 is 0 Å². The number of rotatable bonds is 2. The van der Waals surface area contributed by atoms with Crippen molar-refractivity contribution in [3.05, 3.63) is 41.6 Å². The van der Waals surface area contributed by atoms with E-state index in [9.17, 15) is 9.90 Å². The van der Waals surface area contributed by atoms with Crippen LogP contribution in [0.25, 0.3) is 10.9 Å². The number of hydrogen-bond donors (Lipinski definition) is 1. The maximum absolute atomic E-state index is 13.2. The zero-order chi connectivity index (χ0) is 17.4. The van der Waals surface area contributed by atoms with Crippen LogP contribution in [0.2, 0.25) is 0 Å². The number of aliphatic hydroxyl groups excluding tert-OH is 1. The minimum atomic E-state index is -0.328. The van der Waals surface area contributed by atoms with Crippen molar-refractivity contribution < 1.29 is 14.6 Å². The summed E-state index contributed by atoms with van der Waals surface area (Å²) in [5, 5.41) is 11.3. The molecule has 2 fully saturated rings. The Hall–Kier alpha value is -1.98. The van der Waals surface area contributed by atoms with Crippen LogP contribution in [0.3, 0.4) is 0 Å². The smallest absolute Gasteiger partial charge is 0.254 e. The van der Waals surface area contributed by atoms with Crippen molar-refractivity contribution in [1.29, 1.82) is 0 Å². The van der Waals surface area contributed by atoms with E-state index in [4.69, 9.17) is 4.74 Å². The number of benzene rings is 1. The molecule has 1 N–H and O–H groups in total. The number of aryl methyl sites for hydroxylation is 1. The van der Waals surface area contributed by atoms with Gasteiger partial charge in [0.15, 0.2) is 0 Å². The van der Waals surface area contributed by atoms with Gasteiger partial charge in [0.1, 0.15) is 0 Å². The van der Waals surface area contributed by atoms with E-state index in [2.05, 4.69) is 4.98 Å². The first-order chi connectivity index (χ1) is 12.1. The van der Waals surface area contributed by atoms with Crippen LogP contribution in [0.1, 0.15) is 35.3 Å². The Morgan fingerprint density at radius 2 is 2.16 bits per heavy atom. The van der Waals surface area contributed by atoms with E-state index in [1.807, 2.05) is 42.2 Å². The van der Waals surface area contributed by atoms with Crippen LogP contribution in [0.15, 0.2) is 30.3 Å². The molecule has 1 saturated heterocycles. The fourth-order valence-corrected chi connectivity index (χ4v) is 4.17. The van der Waals surface area contributed by atoms with E-state index >= 15 is 0 Å². The summed E-state index contributed by atoms with van der Waals surface area (Å²) in [5.74, 6) is 0.142. The second-order valence-corrected chi connectivity index (χ2v) is 7.16. The summed E-state index contributed by atoms with van der Waals surface area (Å²) in [6.45, 7) is 3.61. The van der Waals surface area contributed by atoms with Crippen LogP contribution in [-0.2, 0) is 4.74 Å². The Labute approximate surface area is 147 Å². The zero-order valence-corrected chi connectivity index (χ0v) is 14.5. The molecule has 0 unspecified atom stereocenters. The molecule has 1 amide bonds. The number of amides is 1. The van der Waals surface area contributed by atoms with Crippen LogP contribution in [-0.4, -0.2) is 52.8 Å². The quantitative estimate of drug-likeness (QED) is 0.913. The van der Waals surface area contributed by atoms with Gasteiger partial charge in [-0.3, -0.25) is 9.78 Å². The van der Waals surface area contributed by atoms with Crippen LogP contribution >= 0.6 is 0 Å². The minimum absolute atomic E-state index is 0.0230. The predicted octanol–water partition coefficient (Wildman–Crippen LogP) is 2.55. The minimum Gasteiger partial charge on any atom is -0.393 e. The molecule has 1 aromatic carbocycles. The van der Waals surface area contributed by atoms with Gasteiger partial charge in [-0.2, -0.15) is 0 Å². The van der Waals surface area contributed by atoms with Crippen molar-refractivity contribution in [2.75, 3.05) is 19.8 Å². The summed E-state index contributed by atoms with van der Waals surface area (Å²) in [6.07, 6.45) is 2.47. The average molecular weight is 340 g/mol. The van der Waals surface area contributed by atoms with Crippen LogP contribution in [0.5, 0.6) is 0 Å². The van der Waals surface area contributed by atoms with Gasteiger partial charge in [0.05, 0.1) is 30.9 Å². The number of morpholine rings is 1. The molecule has 25 heavy (non-hydrogen) atoms. The molecule has 5 nitrogen and oxygen atoms in total. The second kappa shape index (κ2) is 6.73. The topological polar surface area (TPSA) is 62.7 Å². The molecule has 1 aromatic heterocycles. The molecule has 4 rings (SSSR count). The first-order valence-electron chi connectivity index (χ1n) is 9.08. The molecular weight excluding hydrogens is 316 g/mol. The number of ether oxygens (including phenoxy) is 1. The first-order valence-corrected chi connectivity index (χ1v) is 9.08. The summed E-state index contributed by atoms with van der Waals surface area (Å²) in [6, 6.07) is 9.62. The Balaban J connectivity index is 1.62. The Kier molecular flexibility index (Phi) is 4.44. The molecule has 2 aliphatic rings. The summed E-state index contributed by atoms with van der Waals surface area (Å²) in [4.78, 5) is 19.6. The molecule has 0 spiro atoms. The van der Waals surface area contributed by atoms with Gasteiger partial charge in [0, 0.05) is 29.1 Å². The second-order valence-electron chi connectivity index (χ2n) is 7.16. The van der Waals surface area contributed by atoms with Gasteiger partial charge >= 0.3 is 0 Å². The number of carbonyl (C=O) groups excluding carboxylic acids is 1. The highest BCUT2D eigenvalue weighted by molar-refractivity contribution is 5.98. The third-order valence-electron chi connectivity index (χ3n) is 5.53. The number of aromatic nitrogens is 1. The summed E-state index contributed by atoms with van der Waals surface area (Å²) >= 11 is 0. The lowest BCUT2D eigenvalue weighted by Crippen LogP contribution is -2.53. The molecule has 3 atom stereocenters. The fraction of sp³-hybridized carbons (Fsp3) is 0.500. The molecule has 1 aliphatic carbocycles. The first kappa shape index (κ1) is 16.5. The highest BCUT2D eigenvalue weighted by atomic mass is 16.5. The zero-order valence-electron chi connectivity index (χ0n) is 14.5. The maximum Gasteiger partial charge on any atom is 0.254 e. The molecule has 2 heterocycles. The summed E-state index contributed by atoms with van der Waals surface area (Å²) in [7, 11) is 0. The normalized spacial score (nSPS) is 27.0. The number of hydrogen-bond acceptors (Lipinski definition) is 4. The molecule has 1 saturated carbocycles. The highest BCUT2D eigenvalue weighted by Crippen LogP contribution is 2.33. The lowest BCUT2D eigenvalue weighted by atomic mass is 9.93. The van der Waals surface area contributed by atoms with E-state index in [0.29, 0.717) is 25.3 Å². The van der Waals surface area contributed by atoms with Gasteiger partial charge in [-0.05, 0) is 44.0 Å². The van der Waals surface area contributed by atoms with Gasteiger partial charge in [0.2, 0.25) is 0 Å². The molecule has 0 bridgehead atoms. The lowest BCUT2D eigenvalue weighted by Gasteiger charge is -2.40. The Bertz CT molecular complexity index is 792. The van der Waals surface area contributed by atoms with Crippen molar-refractivity contribution in [2.24, 2.45) is 5.92 Å². The van der Waals surface area contributed by atoms with Crippen molar-refractivity contribution in [3.63, 3.8) is 0 Å².